The minimum Gasteiger partial charge on any atom is -0.228 e. The van der Waals surface area contributed by atoms with Crippen LogP contribution in [0.4, 0.5) is 0 Å². The van der Waals surface area contributed by atoms with Crippen LogP contribution >= 0.6 is 0 Å². The molecule has 0 bridgehead atoms. The fourth-order valence-corrected chi connectivity index (χ4v) is 1.76. The van der Waals surface area contributed by atoms with Crippen molar-refractivity contribution in [2.75, 3.05) is 0 Å². The van der Waals surface area contributed by atoms with Crippen molar-refractivity contribution >= 4 is 0 Å². The van der Waals surface area contributed by atoms with E-state index in [0.29, 0.717) is 0 Å². The van der Waals surface area contributed by atoms with Gasteiger partial charge in [-0.3, -0.25) is 0 Å². The van der Waals surface area contributed by atoms with Gasteiger partial charge in [0.25, 0.3) is 0 Å². The molecule has 14 heavy (non-hydrogen) atoms. The maximum absolute atomic E-state index is 11.8. The molecule has 0 heterocycles. The third-order valence-corrected chi connectivity index (χ3v) is 2.47. The summed E-state index contributed by atoms with van der Waals surface area (Å²) < 4.78 is 0. The van der Waals surface area contributed by atoms with Crippen molar-refractivity contribution in [2.45, 2.75) is 45.6 Å². The number of rotatable bonds is 5. The Morgan fingerprint density at radius 3 is 2.50 bits per heavy atom. The van der Waals surface area contributed by atoms with Crippen LogP contribution in [0.25, 0.3) is 0 Å². The lowest BCUT2D eigenvalue weighted by molar-refractivity contribution is 0.0797. The molecular weight excluding hydrogens is 172 g/mol. The molecule has 0 aliphatic rings. The highest BCUT2D eigenvalue weighted by atomic mass is 16.3. The minimum absolute atomic E-state index is 0.525. The Kier molecular flexibility index (Phi) is 4.68. The summed E-state index contributed by atoms with van der Waals surface area (Å²) in [7, 11) is 0. The topological polar surface area (TPSA) is 19.9 Å². The van der Waals surface area contributed by atoms with E-state index in [1.807, 2.05) is 18.2 Å². The van der Waals surface area contributed by atoms with E-state index in [-0.39, 0.29) is 0 Å². The fourth-order valence-electron chi connectivity index (χ4n) is 1.76. The van der Waals surface area contributed by atoms with Crippen molar-refractivity contribution < 1.29 is 5.11 Å². The quantitative estimate of drug-likeness (QED) is 0.672. The van der Waals surface area contributed by atoms with E-state index < -0.39 is 6.10 Å². The Labute approximate surface area is 86.8 Å². The molecule has 1 radical (unpaired) electrons. The molecule has 1 atom stereocenters. The van der Waals surface area contributed by atoms with Gasteiger partial charge >= 0.3 is 0 Å². The first kappa shape index (κ1) is 11.3. The third-order valence-electron chi connectivity index (χ3n) is 2.47. The molecule has 77 valence electrons. The van der Waals surface area contributed by atoms with E-state index in [0.717, 1.165) is 31.2 Å². The average Bonchev–Trinajstić information content (AvgIpc) is 2.19. The van der Waals surface area contributed by atoms with Gasteiger partial charge in [-0.1, -0.05) is 51.0 Å². The zero-order valence-corrected chi connectivity index (χ0v) is 9.12. The molecule has 1 nitrogen and oxygen atoms in total. The minimum atomic E-state index is -0.525. The van der Waals surface area contributed by atoms with Gasteiger partial charge in [0.15, 0.2) is 0 Å². The molecule has 1 heteroatoms. The molecule has 0 amide bonds. The van der Waals surface area contributed by atoms with Gasteiger partial charge in [-0.2, -0.15) is 0 Å². The molecule has 0 fully saturated rings. The molecule has 0 saturated heterocycles. The van der Waals surface area contributed by atoms with Gasteiger partial charge in [0.2, 0.25) is 0 Å². The normalized spacial score (nSPS) is 12.8. The zero-order chi connectivity index (χ0) is 10.4. The summed E-state index contributed by atoms with van der Waals surface area (Å²) in [6.07, 6.45) is 3.33. The van der Waals surface area contributed by atoms with Crippen molar-refractivity contribution in [3.05, 3.63) is 35.4 Å². The summed E-state index contributed by atoms with van der Waals surface area (Å²) in [5, 5.41) is 11.8. The number of benzene rings is 1. The Balaban J connectivity index is 2.82. The van der Waals surface area contributed by atoms with E-state index in [4.69, 9.17) is 0 Å². The van der Waals surface area contributed by atoms with Crippen LogP contribution in [0.15, 0.2) is 24.3 Å². The van der Waals surface area contributed by atoms with Crippen LogP contribution in [0.5, 0.6) is 0 Å². The maximum Gasteiger partial charge on any atom is 0.118 e. The zero-order valence-electron chi connectivity index (χ0n) is 9.12. The molecule has 1 aromatic carbocycles. The van der Waals surface area contributed by atoms with Crippen LogP contribution < -0.4 is 0 Å². The first-order chi connectivity index (χ1) is 6.79. The van der Waals surface area contributed by atoms with Crippen LogP contribution in [0, 0.1) is 0 Å². The van der Waals surface area contributed by atoms with Crippen LogP contribution in [0.2, 0.25) is 0 Å². The van der Waals surface area contributed by atoms with Crippen molar-refractivity contribution in [1.82, 2.24) is 0 Å². The lowest BCUT2D eigenvalue weighted by Gasteiger charge is -2.12. The Morgan fingerprint density at radius 1 is 1.14 bits per heavy atom. The second-order valence-electron chi connectivity index (χ2n) is 3.73. The monoisotopic (exact) mass is 191 g/mol. The van der Waals surface area contributed by atoms with Crippen molar-refractivity contribution in [1.29, 1.82) is 0 Å². The molecule has 1 rings (SSSR count). The Morgan fingerprint density at radius 2 is 1.86 bits per heavy atom. The van der Waals surface area contributed by atoms with Gasteiger partial charge in [-0.15, -0.1) is 0 Å². The van der Waals surface area contributed by atoms with E-state index >= 15 is 0 Å². The third kappa shape index (κ3) is 2.85. The molecule has 0 N–H and O–H groups in total. The molecule has 1 unspecified atom stereocenters. The standard InChI is InChI=1S/C13H19O/c1-3-7-11-9-5-6-10-12(11)13(14)8-4-2/h5-6,9-10,13H,3-4,7-8H2,1-2H3. The van der Waals surface area contributed by atoms with E-state index in [9.17, 15) is 5.11 Å². The molecule has 0 spiro atoms. The van der Waals surface area contributed by atoms with Gasteiger partial charge in [0.1, 0.15) is 6.10 Å². The first-order valence-electron chi connectivity index (χ1n) is 5.53. The highest BCUT2D eigenvalue weighted by molar-refractivity contribution is 5.29. The molecule has 0 saturated carbocycles. The lowest BCUT2D eigenvalue weighted by Crippen LogP contribution is -2.00. The van der Waals surface area contributed by atoms with Gasteiger partial charge in [-0.05, 0) is 24.0 Å². The highest BCUT2D eigenvalue weighted by Gasteiger charge is 2.11. The van der Waals surface area contributed by atoms with Crippen molar-refractivity contribution in [3.63, 3.8) is 0 Å². The molecule has 1 aromatic rings. The summed E-state index contributed by atoms with van der Waals surface area (Å²) in [5.74, 6) is 0. The first-order valence-corrected chi connectivity index (χ1v) is 5.53. The molecule has 0 aliphatic heterocycles. The van der Waals surface area contributed by atoms with Gasteiger partial charge in [-0.25, -0.2) is 5.11 Å². The number of aryl methyl sites for hydroxylation is 1. The second-order valence-corrected chi connectivity index (χ2v) is 3.73. The van der Waals surface area contributed by atoms with Crippen LogP contribution in [-0.2, 0) is 11.5 Å². The van der Waals surface area contributed by atoms with E-state index in [1.165, 1.54) is 5.56 Å². The predicted molar refractivity (Wildman–Crippen MR) is 58.8 cm³/mol. The fraction of sp³-hybridized carbons (Fsp3) is 0.538. The largest absolute Gasteiger partial charge is 0.228 e. The summed E-state index contributed by atoms with van der Waals surface area (Å²) in [6, 6.07) is 8.06. The van der Waals surface area contributed by atoms with Crippen LogP contribution in [0.1, 0.15) is 50.3 Å². The van der Waals surface area contributed by atoms with Gasteiger partial charge in [0.05, 0.1) is 0 Å². The van der Waals surface area contributed by atoms with E-state index in [2.05, 4.69) is 19.9 Å². The van der Waals surface area contributed by atoms with Crippen molar-refractivity contribution in [3.8, 4) is 0 Å². The van der Waals surface area contributed by atoms with Gasteiger partial charge < -0.3 is 0 Å². The smallest absolute Gasteiger partial charge is 0.118 e. The van der Waals surface area contributed by atoms with Gasteiger partial charge in [0, 0.05) is 0 Å². The average molecular weight is 191 g/mol. The van der Waals surface area contributed by atoms with Crippen LogP contribution in [-0.4, -0.2) is 0 Å². The summed E-state index contributed by atoms with van der Waals surface area (Å²) in [5.41, 5.74) is 2.25. The Bertz CT molecular complexity index is 268. The summed E-state index contributed by atoms with van der Waals surface area (Å²) >= 11 is 0. The van der Waals surface area contributed by atoms with E-state index in [1.54, 1.807) is 0 Å². The lowest BCUT2D eigenvalue weighted by atomic mass is 9.97. The molecule has 0 aromatic heterocycles. The predicted octanol–water partition coefficient (Wildman–Crippen LogP) is 3.91. The number of hydrogen-bond acceptors (Lipinski definition) is 0. The number of hydrogen-bond donors (Lipinski definition) is 0. The second kappa shape index (κ2) is 5.82. The molecular formula is C13H19O. The Hall–Kier alpha value is -0.820. The summed E-state index contributed by atoms with van der Waals surface area (Å²) in [6.45, 7) is 4.21. The van der Waals surface area contributed by atoms with Crippen molar-refractivity contribution in [2.24, 2.45) is 0 Å². The van der Waals surface area contributed by atoms with Crippen LogP contribution in [0.3, 0.4) is 0 Å². The molecule has 0 aliphatic carbocycles. The SMILES string of the molecule is CCCc1ccccc1C([O])CCC. The maximum atomic E-state index is 11.8. The summed E-state index contributed by atoms with van der Waals surface area (Å²) in [4.78, 5) is 0. The highest BCUT2D eigenvalue weighted by Crippen LogP contribution is 2.23.